The van der Waals surface area contributed by atoms with Gasteiger partial charge in [-0.1, -0.05) is 18.2 Å². The number of pyridine rings is 1. The third-order valence-corrected chi connectivity index (χ3v) is 6.58. The van der Waals surface area contributed by atoms with Gasteiger partial charge in [0.2, 0.25) is 12.7 Å². The van der Waals surface area contributed by atoms with Gasteiger partial charge in [0.15, 0.2) is 28.7 Å². The van der Waals surface area contributed by atoms with Crippen LogP contribution in [0.5, 0.6) is 23.1 Å². The van der Waals surface area contributed by atoms with E-state index in [0.717, 1.165) is 5.56 Å². The molecular formula is C27H15N5O5. The Morgan fingerprint density at radius 1 is 0.919 bits per heavy atom. The predicted molar refractivity (Wildman–Crippen MR) is 130 cm³/mol. The minimum absolute atomic E-state index is 0.175. The number of benzene rings is 2. The van der Waals surface area contributed by atoms with E-state index in [0.29, 0.717) is 62.4 Å². The topological polar surface area (TPSA) is 114 Å². The fourth-order valence-electron chi connectivity index (χ4n) is 4.93. The Morgan fingerprint density at radius 3 is 2.73 bits per heavy atom. The van der Waals surface area contributed by atoms with Gasteiger partial charge in [0.1, 0.15) is 11.9 Å². The molecule has 2 aromatic carbocycles. The molecule has 10 heteroatoms. The predicted octanol–water partition coefficient (Wildman–Crippen LogP) is 4.31. The molecule has 6 aromatic rings. The second-order valence-corrected chi connectivity index (χ2v) is 8.65. The van der Waals surface area contributed by atoms with E-state index < -0.39 is 11.5 Å². The lowest BCUT2D eigenvalue weighted by atomic mass is 9.87. The van der Waals surface area contributed by atoms with Crippen LogP contribution in [0.3, 0.4) is 0 Å². The second-order valence-electron chi connectivity index (χ2n) is 8.65. The molecule has 0 bridgehead atoms. The van der Waals surface area contributed by atoms with E-state index in [9.17, 15) is 4.79 Å². The molecular weight excluding hydrogens is 474 g/mol. The van der Waals surface area contributed by atoms with Crippen molar-refractivity contribution in [2.45, 2.75) is 5.92 Å². The van der Waals surface area contributed by atoms with Gasteiger partial charge in [-0.2, -0.15) is 0 Å². The Labute approximate surface area is 207 Å². The van der Waals surface area contributed by atoms with Gasteiger partial charge in [-0.3, -0.25) is 4.98 Å². The molecule has 0 saturated heterocycles. The average Bonchev–Trinajstić information content (AvgIpc) is 3.59. The molecule has 1 unspecified atom stereocenters. The molecule has 37 heavy (non-hydrogen) atoms. The van der Waals surface area contributed by atoms with Gasteiger partial charge in [0.25, 0.3) is 0 Å². The largest absolute Gasteiger partial charge is 0.454 e. The molecule has 0 aliphatic carbocycles. The van der Waals surface area contributed by atoms with Crippen LogP contribution in [0.1, 0.15) is 22.7 Å². The van der Waals surface area contributed by atoms with Gasteiger partial charge in [-0.05, 0) is 42.5 Å². The number of nitrogens with zero attached hydrogens (tertiary/aromatic N) is 5. The Kier molecular flexibility index (Phi) is 3.98. The minimum atomic E-state index is -0.634. The van der Waals surface area contributed by atoms with Crippen LogP contribution in [-0.2, 0) is 0 Å². The summed E-state index contributed by atoms with van der Waals surface area (Å²) in [5, 5.41) is 5.32. The summed E-state index contributed by atoms with van der Waals surface area (Å²) >= 11 is 0. The summed E-state index contributed by atoms with van der Waals surface area (Å²) in [7, 11) is 0. The van der Waals surface area contributed by atoms with Crippen LogP contribution in [-0.4, -0.2) is 31.4 Å². The van der Waals surface area contributed by atoms with Crippen molar-refractivity contribution in [1.29, 1.82) is 0 Å². The lowest BCUT2D eigenvalue weighted by Gasteiger charge is -2.26. The summed E-state index contributed by atoms with van der Waals surface area (Å²) in [6, 6.07) is 18.3. The van der Waals surface area contributed by atoms with Crippen LogP contribution in [0.2, 0.25) is 0 Å². The van der Waals surface area contributed by atoms with Crippen LogP contribution in [0.4, 0.5) is 0 Å². The molecule has 2 aliphatic rings. The third kappa shape index (κ3) is 2.89. The molecule has 4 aromatic heterocycles. The maximum absolute atomic E-state index is 13.4. The normalized spacial score (nSPS) is 15.4. The number of hydrogen-bond donors (Lipinski definition) is 0. The lowest BCUT2D eigenvalue weighted by molar-refractivity contribution is 0.174. The monoisotopic (exact) mass is 489 g/mol. The Balaban J connectivity index is 1.40. The molecule has 0 radical (unpaired) electrons. The number of para-hydroxylation sites is 1. The van der Waals surface area contributed by atoms with E-state index in [-0.39, 0.29) is 6.79 Å². The first-order valence-corrected chi connectivity index (χ1v) is 11.5. The first-order valence-electron chi connectivity index (χ1n) is 11.5. The van der Waals surface area contributed by atoms with E-state index in [4.69, 9.17) is 23.6 Å². The van der Waals surface area contributed by atoms with Crippen LogP contribution >= 0.6 is 0 Å². The van der Waals surface area contributed by atoms with Crippen LogP contribution in [0, 0.1) is 0 Å². The fraction of sp³-hybridized carbons (Fsp3) is 0.0741. The Bertz CT molecular complexity index is 1930. The van der Waals surface area contributed by atoms with Crippen LogP contribution < -0.4 is 19.8 Å². The molecule has 6 heterocycles. The van der Waals surface area contributed by atoms with Gasteiger partial charge < -0.3 is 18.6 Å². The molecule has 0 amide bonds. The second kappa shape index (κ2) is 7.37. The summed E-state index contributed by atoms with van der Waals surface area (Å²) in [6.45, 7) is 0.175. The van der Waals surface area contributed by atoms with E-state index >= 15 is 0 Å². The first-order chi connectivity index (χ1) is 18.2. The van der Waals surface area contributed by atoms with Crippen molar-refractivity contribution < 1.29 is 18.6 Å². The third-order valence-electron chi connectivity index (χ3n) is 6.58. The van der Waals surface area contributed by atoms with Crippen LogP contribution in [0.25, 0.3) is 28.0 Å². The maximum Gasteiger partial charge on any atom is 0.344 e. The molecule has 10 nitrogen and oxygen atoms in total. The highest BCUT2D eigenvalue weighted by atomic mass is 16.7. The highest BCUT2D eigenvalue weighted by Crippen LogP contribution is 2.48. The van der Waals surface area contributed by atoms with Gasteiger partial charge in [0, 0.05) is 11.8 Å². The number of aromatic nitrogens is 5. The lowest BCUT2D eigenvalue weighted by Crippen LogP contribution is -2.23. The molecule has 0 fully saturated rings. The van der Waals surface area contributed by atoms with Crippen molar-refractivity contribution in [3.8, 4) is 34.5 Å². The fourth-order valence-corrected chi connectivity index (χ4v) is 4.93. The molecule has 1 atom stereocenters. The molecule has 0 saturated carbocycles. The maximum atomic E-state index is 13.4. The SMILES string of the molecule is O=c1oc2ccccc2c2c1C(c1ccccn1)c1c(ncn3nc(-c4ccc5c(c4)OCO5)nc13)O2. The smallest absolute Gasteiger partial charge is 0.344 e. The zero-order valence-electron chi connectivity index (χ0n) is 19.0. The van der Waals surface area contributed by atoms with E-state index in [2.05, 4.69) is 15.1 Å². The number of hydrogen-bond acceptors (Lipinski definition) is 9. The van der Waals surface area contributed by atoms with Crippen molar-refractivity contribution >= 4 is 16.6 Å². The summed E-state index contributed by atoms with van der Waals surface area (Å²) in [5.74, 6) is 1.86. The van der Waals surface area contributed by atoms with Crippen molar-refractivity contribution in [1.82, 2.24) is 24.6 Å². The summed E-state index contributed by atoms with van der Waals surface area (Å²) < 4.78 is 24.5. The number of ether oxygens (including phenoxy) is 3. The zero-order valence-corrected chi connectivity index (χ0v) is 19.0. The van der Waals surface area contributed by atoms with Crippen molar-refractivity contribution in [2.75, 3.05) is 6.79 Å². The molecule has 0 spiro atoms. The first kappa shape index (κ1) is 20.0. The average molecular weight is 489 g/mol. The number of fused-ring (bicyclic) bond motifs is 7. The quantitative estimate of drug-likeness (QED) is 0.328. The summed E-state index contributed by atoms with van der Waals surface area (Å²) in [4.78, 5) is 27.4. The zero-order chi connectivity index (χ0) is 24.5. The molecule has 2 aliphatic heterocycles. The van der Waals surface area contributed by atoms with Crippen molar-refractivity contribution in [3.63, 3.8) is 0 Å². The minimum Gasteiger partial charge on any atom is -0.454 e. The number of rotatable bonds is 2. The van der Waals surface area contributed by atoms with Crippen molar-refractivity contribution in [3.05, 3.63) is 100 Å². The van der Waals surface area contributed by atoms with Gasteiger partial charge >= 0.3 is 5.63 Å². The standard InChI is InChI=1S/C27H15N5O5/c33-27-21-20(16-6-3-4-10-28-16)22-25-30-24(14-8-9-18-19(11-14)35-13-34-18)31-32(25)12-29-26(22)37-23(21)15-5-1-2-7-17(15)36-27/h1-12,20H,13H2. The van der Waals surface area contributed by atoms with Crippen molar-refractivity contribution in [2.24, 2.45) is 0 Å². The highest BCUT2D eigenvalue weighted by Gasteiger charge is 2.38. The van der Waals surface area contributed by atoms with E-state index in [1.54, 1.807) is 29.2 Å². The molecule has 0 N–H and O–H groups in total. The Hall–Kier alpha value is -5.25. The molecule has 8 rings (SSSR count). The molecule has 178 valence electrons. The Morgan fingerprint density at radius 2 is 1.81 bits per heavy atom. The van der Waals surface area contributed by atoms with Gasteiger partial charge in [0.05, 0.1) is 28.1 Å². The van der Waals surface area contributed by atoms with E-state index in [1.165, 1.54) is 0 Å². The summed E-state index contributed by atoms with van der Waals surface area (Å²) in [6.07, 6.45) is 3.23. The van der Waals surface area contributed by atoms with Gasteiger partial charge in [-0.25, -0.2) is 19.3 Å². The summed E-state index contributed by atoms with van der Waals surface area (Å²) in [5.41, 5.74) is 2.72. The highest BCUT2D eigenvalue weighted by molar-refractivity contribution is 5.86. The van der Waals surface area contributed by atoms with E-state index in [1.807, 2.05) is 48.5 Å². The van der Waals surface area contributed by atoms with Crippen LogP contribution in [0.15, 0.2) is 82.4 Å². The van der Waals surface area contributed by atoms with Gasteiger partial charge in [-0.15, -0.1) is 5.10 Å².